The maximum absolute atomic E-state index is 10.9. The van der Waals surface area contributed by atoms with Gasteiger partial charge in [-0.2, -0.15) is 5.26 Å². The molecule has 0 aliphatic carbocycles. The summed E-state index contributed by atoms with van der Waals surface area (Å²) in [6, 6.07) is 8.52. The van der Waals surface area contributed by atoms with Crippen molar-refractivity contribution in [1.29, 1.82) is 5.26 Å². The summed E-state index contributed by atoms with van der Waals surface area (Å²) in [5, 5.41) is 18.3. The topological polar surface area (TPSA) is 92.4 Å². The van der Waals surface area contributed by atoms with E-state index in [4.69, 9.17) is 9.84 Å². The first-order chi connectivity index (χ1) is 14.4. The van der Waals surface area contributed by atoms with Gasteiger partial charge in [-0.3, -0.25) is 0 Å². The molecule has 1 N–H and O–H groups in total. The molecule has 0 unspecified atom stereocenters. The van der Waals surface area contributed by atoms with Crippen LogP contribution in [-0.4, -0.2) is 23.2 Å². The number of pyridine rings is 1. The van der Waals surface area contributed by atoms with Gasteiger partial charge in [-0.15, -0.1) is 0 Å². The Balaban J connectivity index is 0.000000656. The van der Waals surface area contributed by atoms with E-state index in [2.05, 4.69) is 29.3 Å². The van der Waals surface area contributed by atoms with Crippen LogP contribution in [0.15, 0.2) is 43.2 Å². The second-order valence-electron chi connectivity index (χ2n) is 6.25. The van der Waals surface area contributed by atoms with Crippen LogP contribution in [0.5, 0.6) is 5.88 Å². The van der Waals surface area contributed by atoms with Crippen molar-refractivity contribution in [3.8, 4) is 11.9 Å². The van der Waals surface area contributed by atoms with Gasteiger partial charge in [-0.05, 0) is 43.0 Å². The molecule has 1 heterocycles. The molecule has 6 heteroatoms. The summed E-state index contributed by atoms with van der Waals surface area (Å²) >= 11 is 0. The van der Waals surface area contributed by atoms with Crippen molar-refractivity contribution in [1.82, 2.24) is 4.98 Å². The van der Waals surface area contributed by atoms with E-state index in [1.807, 2.05) is 19.9 Å². The van der Waals surface area contributed by atoms with Crippen molar-refractivity contribution in [2.45, 2.75) is 40.2 Å². The molecule has 158 valence electrons. The van der Waals surface area contributed by atoms with E-state index in [0.717, 1.165) is 35.2 Å². The summed E-state index contributed by atoms with van der Waals surface area (Å²) in [6.07, 6.45) is 7.05. The molecule has 1 aromatic heterocycles. The molecule has 0 aliphatic heterocycles. The SMILES string of the molecule is C=Cc1c(C)c(CC)nc(OCc2ccc(C(=O)O)cc2)c1C#N.CC/C=C\OC. The van der Waals surface area contributed by atoms with Crippen LogP contribution in [0.2, 0.25) is 0 Å². The van der Waals surface area contributed by atoms with Gasteiger partial charge in [0.25, 0.3) is 0 Å². The summed E-state index contributed by atoms with van der Waals surface area (Å²) in [5.41, 5.74) is 3.90. The number of methoxy groups -OCH3 is 1. The zero-order chi connectivity index (χ0) is 22.5. The lowest BCUT2D eigenvalue weighted by Crippen LogP contribution is -2.06. The van der Waals surface area contributed by atoms with Gasteiger partial charge in [0.1, 0.15) is 18.2 Å². The number of aromatic carboxylic acids is 1. The maximum atomic E-state index is 10.9. The Morgan fingerprint density at radius 1 is 1.30 bits per heavy atom. The van der Waals surface area contributed by atoms with Crippen LogP contribution in [0.1, 0.15) is 58.6 Å². The number of carboxylic acids is 1. The first kappa shape index (κ1) is 24.4. The van der Waals surface area contributed by atoms with E-state index in [1.54, 1.807) is 31.6 Å². The van der Waals surface area contributed by atoms with E-state index in [9.17, 15) is 10.1 Å². The van der Waals surface area contributed by atoms with Crippen LogP contribution in [-0.2, 0) is 17.8 Å². The van der Waals surface area contributed by atoms with E-state index in [-0.39, 0.29) is 18.1 Å². The smallest absolute Gasteiger partial charge is 0.335 e. The number of rotatable bonds is 8. The zero-order valence-electron chi connectivity index (χ0n) is 17.9. The number of hydrogen-bond donors (Lipinski definition) is 1. The minimum absolute atomic E-state index is 0.199. The van der Waals surface area contributed by atoms with Gasteiger partial charge in [0, 0.05) is 11.3 Å². The largest absolute Gasteiger partial charge is 0.505 e. The van der Waals surface area contributed by atoms with Gasteiger partial charge >= 0.3 is 5.97 Å². The predicted molar refractivity (Wildman–Crippen MR) is 117 cm³/mol. The highest BCUT2D eigenvalue weighted by molar-refractivity contribution is 5.87. The van der Waals surface area contributed by atoms with Crippen molar-refractivity contribution < 1.29 is 19.4 Å². The lowest BCUT2D eigenvalue weighted by molar-refractivity contribution is 0.0697. The molecular formula is C24H28N2O4. The molecule has 0 fully saturated rings. The number of ether oxygens (including phenoxy) is 2. The number of nitrogens with zero attached hydrogens (tertiary/aromatic N) is 2. The van der Waals surface area contributed by atoms with Crippen LogP contribution in [0.3, 0.4) is 0 Å². The standard InChI is InChI=1S/C19H18N2O3.C5H10O/c1-4-15-12(3)17(5-2)21-18(16(15)10-20)24-11-13-6-8-14(9-7-13)19(22)23;1-3-4-5-6-2/h4,6-9H,1,5,11H2,2-3H3,(H,22,23);4-5H,3H2,1-2H3/b;5-4-. The van der Waals surface area contributed by atoms with E-state index in [0.29, 0.717) is 5.56 Å². The van der Waals surface area contributed by atoms with Gasteiger partial charge in [-0.1, -0.05) is 44.7 Å². The van der Waals surface area contributed by atoms with Crippen LogP contribution in [0, 0.1) is 18.3 Å². The highest BCUT2D eigenvalue weighted by atomic mass is 16.5. The van der Waals surface area contributed by atoms with E-state index < -0.39 is 5.97 Å². The fourth-order valence-corrected chi connectivity index (χ4v) is 2.62. The summed E-state index contributed by atoms with van der Waals surface area (Å²) < 4.78 is 10.3. The molecule has 0 spiro atoms. The van der Waals surface area contributed by atoms with Crippen molar-refractivity contribution in [2.24, 2.45) is 0 Å². The second-order valence-corrected chi connectivity index (χ2v) is 6.25. The van der Waals surface area contributed by atoms with Crippen LogP contribution >= 0.6 is 0 Å². The van der Waals surface area contributed by atoms with Crippen LogP contribution in [0.4, 0.5) is 0 Å². The number of nitriles is 1. The Morgan fingerprint density at radius 3 is 2.40 bits per heavy atom. The summed E-state index contributed by atoms with van der Waals surface area (Å²) in [5.74, 6) is -0.699. The van der Waals surface area contributed by atoms with Crippen molar-refractivity contribution >= 4 is 12.0 Å². The molecule has 6 nitrogen and oxygen atoms in total. The highest BCUT2D eigenvalue weighted by Gasteiger charge is 2.16. The molecule has 2 rings (SSSR count). The third-order valence-corrected chi connectivity index (χ3v) is 4.25. The first-order valence-electron chi connectivity index (χ1n) is 9.62. The average molecular weight is 408 g/mol. The van der Waals surface area contributed by atoms with Crippen LogP contribution < -0.4 is 4.74 Å². The molecule has 0 aliphatic rings. The first-order valence-corrected chi connectivity index (χ1v) is 9.62. The molecule has 1 aromatic carbocycles. The Labute approximate surface area is 178 Å². The van der Waals surface area contributed by atoms with Crippen molar-refractivity contribution in [3.63, 3.8) is 0 Å². The lowest BCUT2D eigenvalue weighted by Gasteiger charge is -2.14. The Kier molecular flexibility index (Phi) is 10.4. The summed E-state index contributed by atoms with van der Waals surface area (Å²) in [6.45, 7) is 9.94. The normalized spacial score (nSPS) is 9.97. The van der Waals surface area contributed by atoms with Gasteiger partial charge in [0.15, 0.2) is 0 Å². The van der Waals surface area contributed by atoms with E-state index >= 15 is 0 Å². The molecule has 0 saturated carbocycles. The Morgan fingerprint density at radius 2 is 1.97 bits per heavy atom. The minimum Gasteiger partial charge on any atom is -0.505 e. The van der Waals surface area contributed by atoms with Crippen LogP contribution in [0.25, 0.3) is 6.08 Å². The molecule has 0 amide bonds. The number of carbonyl (C=O) groups is 1. The molecule has 0 radical (unpaired) electrons. The number of carboxylic acid groups (broad SMARTS) is 1. The number of aryl methyl sites for hydroxylation is 1. The molecule has 0 bridgehead atoms. The highest BCUT2D eigenvalue weighted by Crippen LogP contribution is 2.27. The number of benzene rings is 1. The molecule has 0 saturated heterocycles. The third-order valence-electron chi connectivity index (χ3n) is 4.25. The Bertz CT molecular complexity index is 920. The predicted octanol–water partition coefficient (Wildman–Crippen LogP) is 5.30. The van der Waals surface area contributed by atoms with Crippen molar-refractivity contribution in [3.05, 3.63) is 76.7 Å². The van der Waals surface area contributed by atoms with Gasteiger partial charge in [0.2, 0.25) is 5.88 Å². The zero-order valence-corrected chi connectivity index (χ0v) is 17.9. The lowest BCUT2D eigenvalue weighted by atomic mass is 10.0. The van der Waals surface area contributed by atoms with E-state index in [1.165, 1.54) is 12.1 Å². The monoisotopic (exact) mass is 408 g/mol. The molecule has 30 heavy (non-hydrogen) atoms. The molecular weight excluding hydrogens is 380 g/mol. The summed E-state index contributed by atoms with van der Waals surface area (Å²) in [7, 11) is 1.64. The fraction of sp³-hybridized carbons (Fsp3) is 0.292. The van der Waals surface area contributed by atoms with Gasteiger partial charge < -0.3 is 14.6 Å². The summed E-state index contributed by atoms with van der Waals surface area (Å²) in [4.78, 5) is 15.3. The van der Waals surface area contributed by atoms with Gasteiger partial charge in [-0.25, -0.2) is 9.78 Å². The molecule has 2 aromatic rings. The third kappa shape index (κ3) is 6.78. The maximum Gasteiger partial charge on any atom is 0.335 e. The fourth-order valence-electron chi connectivity index (χ4n) is 2.62. The molecule has 0 atom stereocenters. The van der Waals surface area contributed by atoms with Crippen molar-refractivity contribution in [2.75, 3.05) is 7.11 Å². The second kappa shape index (κ2) is 12.8. The minimum atomic E-state index is -0.974. The average Bonchev–Trinajstić information content (AvgIpc) is 2.76. The quantitative estimate of drug-likeness (QED) is 0.596. The number of aromatic nitrogens is 1. The number of hydrogen-bond acceptors (Lipinski definition) is 5. The van der Waals surface area contributed by atoms with Gasteiger partial charge in [0.05, 0.1) is 18.9 Å². The number of allylic oxidation sites excluding steroid dienone is 1. The Hall–Kier alpha value is -3.59.